The number of fused-ring (bicyclic) bond motifs is 1. The van der Waals surface area contributed by atoms with Crippen LogP contribution in [0.25, 0.3) is 10.8 Å². The highest BCUT2D eigenvalue weighted by atomic mass is 32.2. The van der Waals surface area contributed by atoms with Crippen LogP contribution in [0, 0.1) is 0 Å². The number of aryl methyl sites for hydroxylation is 1. The summed E-state index contributed by atoms with van der Waals surface area (Å²) in [6.07, 6.45) is 2.37. The second kappa shape index (κ2) is 8.00. The summed E-state index contributed by atoms with van der Waals surface area (Å²) < 4.78 is 28.8. The molecule has 8 nitrogen and oxygen atoms in total. The lowest BCUT2D eigenvalue weighted by molar-refractivity contribution is 0.102. The van der Waals surface area contributed by atoms with E-state index in [1.165, 1.54) is 16.8 Å². The zero-order valence-corrected chi connectivity index (χ0v) is 17.3. The van der Waals surface area contributed by atoms with Gasteiger partial charge in [0.1, 0.15) is 0 Å². The standard InChI is InChI=1S/C21H22N4O4S/c1-2-12-25-21(27)18-9-4-3-8-17(18)19(23-25)20(26)22-15-6-5-7-16(13-15)30(28,29)24-14-10-11-14/h3-9,13-14,24H,2,10-12H2,1H3,(H,22,26). The summed E-state index contributed by atoms with van der Waals surface area (Å²) in [5.41, 5.74) is 0.198. The Balaban J connectivity index is 1.68. The Kier molecular flexibility index (Phi) is 5.40. The van der Waals surface area contributed by atoms with Crippen LogP contribution in [0.4, 0.5) is 5.69 Å². The van der Waals surface area contributed by atoms with Crippen molar-refractivity contribution in [2.75, 3.05) is 5.32 Å². The molecule has 30 heavy (non-hydrogen) atoms. The largest absolute Gasteiger partial charge is 0.321 e. The van der Waals surface area contributed by atoms with Gasteiger partial charge in [-0.05, 0) is 43.5 Å². The highest BCUT2D eigenvalue weighted by Crippen LogP contribution is 2.23. The van der Waals surface area contributed by atoms with Gasteiger partial charge >= 0.3 is 0 Å². The molecule has 1 amide bonds. The Labute approximate surface area is 174 Å². The van der Waals surface area contributed by atoms with E-state index in [-0.39, 0.29) is 22.2 Å². The second-order valence-corrected chi connectivity index (χ2v) is 9.01. The molecule has 1 saturated carbocycles. The molecule has 2 aromatic carbocycles. The molecular formula is C21H22N4O4S. The lowest BCUT2D eigenvalue weighted by Crippen LogP contribution is -2.28. The second-order valence-electron chi connectivity index (χ2n) is 7.30. The number of amides is 1. The van der Waals surface area contributed by atoms with Crippen LogP contribution >= 0.6 is 0 Å². The molecule has 0 atom stereocenters. The van der Waals surface area contributed by atoms with Gasteiger partial charge in [-0.15, -0.1) is 0 Å². The molecule has 0 radical (unpaired) electrons. The van der Waals surface area contributed by atoms with Gasteiger partial charge in [-0.1, -0.05) is 31.2 Å². The van der Waals surface area contributed by atoms with Crippen molar-refractivity contribution in [1.29, 1.82) is 0 Å². The number of benzene rings is 2. The predicted molar refractivity (Wildman–Crippen MR) is 114 cm³/mol. The molecule has 2 N–H and O–H groups in total. The first-order valence-corrected chi connectivity index (χ1v) is 11.3. The molecule has 0 aliphatic heterocycles. The minimum atomic E-state index is -3.64. The van der Waals surface area contributed by atoms with Crippen molar-refractivity contribution in [3.63, 3.8) is 0 Å². The summed E-state index contributed by atoms with van der Waals surface area (Å²) in [4.78, 5) is 25.7. The van der Waals surface area contributed by atoms with Crippen LogP contribution in [-0.2, 0) is 16.6 Å². The number of nitrogens with zero attached hydrogens (tertiary/aromatic N) is 2. The number of anilines is 1. The van der Waals surface area contributed by atoms with E-state index in [0.717, 1.165) is 12.8 Å². The molecule has 1 aromatic heterocycles. The quantitative estimate of drug-likeness (QED) is 0.603. The average Bonchev–Trinajstić information content (AvgIpc) is 3.54. The molecule has 1 aliphatic carbocycles. The molecule has 0 spiro atoms. The summed E-state index contributed by atoms with van der Waals surface area (Å²) in [6.45, 7) is 2.31. The number of sulfonamides is 1. The maximum absolute atomic E-state index is 13.0. The van der Waals surface area contributed by atoms with E-state index in [2.05, 4.69) is 15.1 Å². The third-order valence-corrected chi connectivity index (χ3v) is 6.34. The van der Waals surface area contributed by atoms with E-state index < -0.39 is 15.9 Å². The Bertz CT molecular complexity index is 1280. The number of carbonyl (C=O) groups excluding carboxylic acids is 1. The van der Waals surface area contributed by atoms with E-state index in [9.17, 15) is 18.0 Å². The van der Waals surface area contributed by atoms with Crippen molar-refractivity contribution in [2.24, 2.45) is 0 Å². The number of aromatic nitrogens is 2. The maximum atomic E-state index is 13.0. The molecule has 1 fully saturated rings. The van der Waals surface area contributed by atoms with Gasteiger partial charge in [0.25, 0.3) is 11.5 Å². The highest BCUT2D eigenvalue weighted by Gasteiger charge is 2.28. The van der Waals surface area contributed by atoms with Crippen LogP contribution in [0.5, 0.6) is 0 Å². The van der Waals surface area contributed by atoms with Crippen molar-refractivity contribution in [1.82, 2.24) is 14.5 Å². The fourth-order valence-electron chi connectivity index (χ4n) is 3.19. The van der Waals surface area contributed by atoms with E-state index in [0.29, 0.717) is 29.4 Å². The fourth-order valence-corrected chi connectivity index (χ4v) is 4.54. The van der Waals surface area contributed by atoms with Crippen LogP contribution in [-0.4, -0.2) is 30.1 Å². The molecule has 9 heteroatoms. The van der Waals surface area contributed by atoms with Crippen molar-refractivity contribution >= 4 is 32.4 Å². The first-order chi connectivity index (χ1) is 14.4. The smallest absolute Gasteiger partial charge is 0.276 e. The molecule has 1 aliphatic rings. The van der Waals surface area contributed by atoms with Crippen LogP contribution in [0.15, 0.2) is 58.2 Å². The van der Waals surface area contributed by atoms with Gasteiger partial charge in [0.15, 0.2) is 5.69 Å². The lowest BCUT2D eigenvalue weighted by Gasteiger charge is -2.12. The van der Waals surface area contributed by atoms with Gasteiger partial charge in [-0.3, -0.25) is 9.59 Å². The number of nitrogens with one attached hydrogen (secondary N) is 2. The van der Waals surface area contributed by atoms with Gasteiger partial charge in [0.2, 0.25) is 10.0 Å². The molecule has 1 heterocycles. The number of rotatable bonds is 7. The minimum absolute atomic E-state index is 0.0107. The van der Waals surface area contributed by atoms with Gasteiger partial charge in [0.05, 0.1) is 10.3 Å². The molecule has 0 unspecified atom stereocenters. The number of hydrogen-bond acceptors (Lipinski definition) is 5. The van der Waals surface area contributed by atoms with E-state index >= 15 is 0 Å². The SMILES string of the molecule is CCCn1nc(C(=O)Nc2cccc(S(=O)(=O)NC3CC3)c2)c2ccccc2c1=O. The van der Waals surface area contributed by atoms with Crippen molar-refractivity contribution < 1.29 is 13.2 Å². The molecule has 0 saturated heterocycles. The summed E-state index contributed by atoms with van der Waals surface area (Å²) >= 11 is 0. The Morgan fingerprint density at radius 3 is 2.57 bits per heavy atom. The maximum Gasteiger partial charge on any atom is 0.276 e. The number of carbonyl (C=O) groups is 1. The lowest BCUT2D eigenvalue weighted by atomic mass is 10.1. The monoisotopic (exact) mass is 426 g/mol. The minimum Gasteiger partial charge on any atom is -0.321 e. The summed E-state index contributed by atoms with van der Waals surface area (Å²) in [5.74, 6) is -0.513. The molecule has 4 rings (SSSR count). The van der Waals surface area contributed by atoms with Gasteiger partial charge in [-0.2, -0.15) is 5.10 Å². The average molecular weight is 426 g/mol. The van der Waals surface area contributed by atoms with Crippen molar-refractivity contribution in [2.45, 2.75) is 43.7 Å². The summed E-state index contributed by atoms with van der Waals surface area (Å²) in [5, 5.41) is 7.84. The fraction of sp³-hybridized carbons (Fsp3) is 0.286. The Morgan fingerprint density at radius 2 is 1.87 bits per heavy atom. The van der Waals surface area contributed by atoms with Crippen molar-refractivity contribution in [3.8, 4) is 0 Å². The molecular weight excluding hydrogens is 404 g/mol. The van der Waals surface area contributed by atoms with Crippen LogP contribution < -0.4 is 15.6 Å². The van der Waals surface area contributed by atoms with E-state index in [4.69, 9.17) is 0 Å². The molecule has 0 bridgehead atoms. The highest BCUT2D eigenvalue weighted by molar-refractivity contribution is 7.89. The van der Waals surface area contributed by atoms with Gasteiger partial charge in [-0.25, -0.2) is 17.8 Å². The normalized spacial score (nSPS) is 14.0. The first-order valence-electron chi connectivity index (χ1n) is 9.82. The van der Waals surface area contributed by atoms with E-state index in [1.54, 1.807) is 36.4 Å². The number of hydrogen-bond donors (Lipinski definition) is 2. The zero-order valence-electron chi connectivity index (χ0n) is 16.5. The van der Waals surface area contributed by atoms with Crippen LogP contribution in [0.3, 0.4) is 0 Å². The van der Waals surface area contributed by atoms with Crippen LogP contribution in [0.1, 0.15) is 36.7 Å². The topological polar surface area (TPSA) is 110 Å². The zero-order chi connectivity index (χ0) is 21.3. The summed E-state index contributed by atoms with van der Waals surface area (Å²) in [6, 6.07) is 12.9. The summed E-state index contributed by atoms with van der Waals surface area (Å²) in [7, 11) is -3.64. The third-order valence-electron chi connectivity index (χ3n) is 4.82. The Morgan fingerprint density at radius 1 is 1.13 bits per heavy atom. The first kappa shape index (κ1) is 20.2. The van der Waals surface area contributed by atoms with Crippen LogP contribution in [0.2, 0.25) is 0 Å². The van der Waals surface area contributed by atoms with Crippen molar-refractivity contribution in [3.05, 3.63) is 64.6 Å². The van der Waals surface area contributed by atoms with Gasteiger partial charge < -0.3 is 5.32 Å². The Hall–Kier alpha value is -3.04. The molecule has 3 aromatic rings. The predicted octanol–water partition coefficient (Wildman–Crippen LogP) is 2.50. The van der Waals surface area contributed by atoms with Gasteiger partial charge in [0, 0.05) is 23.7 Å². The third kappa shape index (κ3) is 4.12. The van der Waals surface area contributed by atoms with E-state index in [1.807, 2.05) is 6.92 Å². The molecule has 156 valence electrons.